The minimum atomic E-state index is -1.50. The average molecular weight is 421 g/mol. The second-order valence-corrected chi connectivity index (χ2v) is 8.08. The zero-order valence-electron chi connectivity index (χ0n) is 16.0. The molecule has 1 aromatic carbocycles. The van der Waals surface area contributed by atoms with Gasteiger partial charge in [-0.1, -0.05) is 18.7 Å². The highest BCUT2D eigenvalue weighted by Crippen LogP contribution is 2.26. The maximum atomic E-state index is 11.8. The van der Waals surface area contributed by atoms with Crippen LogP contribution in [0.3, 0.4) is 0 Å². The van der Waals surface area contributed by atoms with Crippen LogP contribution in [0.25, 0.3) is 9.75 Å². The summed E-state index contributed by atoms with van der Waals surface area (Å²) in [4.78, 5) is 19.1. The Morgan fingerprint density at radius 2 is 2.00 bits per heavy atom. The lowest BCUT2D eigenvalue weighted by atomic mass is 9.98. The summed E-state index contributed by atoms with van der Waals surface area (Å²) in [6.45, 7) is 7.41. The predicted molar refractivity (Wildman–Crippen MR) is 113 cm³/mol. The van der Waals surface area contributed by atoms with E-state index in [4.69, 9.17) is 16.0 Å². The summed E-state index contributed by atoms with van der Waals surface area (Å²) in [5.41, 5.74) is 1.89. The number of carbonyl (C=O) groups is 1. The van der Waals surface area contributed by atoms with Gasteiger partial charge < -0.3 is 14.3 Å². The standard InChI is InChI=1S/C22H19N3O4S/c1-23-21-10-9-19(13-24-21)29-18-4-2-3-15(11-18)14-28-17-7-5-16(6-8-17)20-12-22(26)25-30(20)27/h5-13,18H,2-4,14H2,(H,25,26). The number of nitrogens with zero attached hydrogens (tertiary/aromatic N) is 2. The van der Waals surface area contributed by atoms with Gasteiger partial charge in [-0.15, -0.1) is 4.98 Å². The van der Waals surface area contributed by atoms with Gasteiger partial charge in [0.2, 0.25) is 0 Å². The van der Waals surface area contributed by atoms with Gasteiger partial charge in [0.05, 0.1) is 4.91 Å². The Balaban J connectivity index is 1.34. The molecule has 152 valence electrons. The second-order valence-electron chi connectivity index (χ2n) is 6.89. The molecule has 1 amide bonds. The number of nitrogens with one attached hydrogen (secondary N) is 1. The topological polar surface area (TPSA) is 81.9 Å². The molecular formula is C22H19N3O4S. The predicted octanol–water partition coefficient (Wildman–Crippen LogP) is 3.70. The maximum absolute atomic E-state index is 11.8. The van der Waals surface area contributed by atoms with E-state index in [1.54, 1.807) is 42.6 Å². The lowest BCUT2D eigenvalue weighted by Crippen LogP contribution is -2.19. The van der Waals surface area contributed by atoms with Gasteiger partial charge in [-0.3, -0.25) is 9.52 Å². The van der Waals surface area contributed by atoms with Gasteiger partial charge in [-0.25, -0.2) is 4.21 Å². The Kier molecular flexibility index (Phi) is 5.91. The summed E-state index contributed by atoms with van der Waals surface area (Å²) in [5.74, 6) is 1.35. The summed E-state index contributed by atoms with van der Waals surface area (Å²) in [7, 11) is -1.50. The van der Waals surface area contributed by atoms with Gasteiger partial charge in [0.15, 0.2) is 22.9 Å². The molecule has 7 nitrogen and oxygen atoms in total. The maximum Gasteiger partial charge on any atom is 0.269 e. The molecular weight excluding hydrogens is 402 g/mol. The molecule has 30 heavy (non-hydrogen) atoms. The number of benzene rings is 1. The van der Waals surface area contributed by atoms with Crippen LogP contribution in [0, 0.1) is 6.57 Å². The first-order valence-corrected chi connectivity index (χ1v) is 10.6. The Morgan fingerprint density at radius 1 is 1.20 bits per heavy atom. The van der Waals surface area contributed by atoms with Gasteiger partial charge in [-0.05, 0) is 60.7 Å². The van der Waals surface area contributed by atoms with Crippen LogP contribution < -0.4 is 14.2 Å². The summed E-state index contributed by atoms with van der Waals surface area (Å²) >= 11 is 0. The van der Waals surface area contributed by atoms with Crippen molar-refractivity contribution in [2.75, 3.05) is 6.61 Å². The molecule has 2 heterocycles. The Morgan fingerprint density at radius 3 is 2.67 bits per heavy atom. The second kappa shape index (κ2) is 8.93. The minimum Gasteiger partial charge on any atom is -0.489 e. The van der Waals surface area contributed by atoms with E-state index in [0.29, 0.717) is 28.8 Å². The number of amides is 1. The highest BCUT2D eigenvalue weighted by molar-refractivity contribution is 7.93. The molecule has 0 bridgehead atoms. The van der Waals surface area contributed by atoms with Gasteiger partial charge in [-0.2, -0.15) is 0 Å². The zero-order chi connectivity index (χ0) is 20.9. The summed E-state index contributed by atoms with van der Waals surface area (Å²) in [5, 5.41) is 0. The third-order valence-electron chi connectivity index (χ3n) is 4.75. The molecule has 0 fully saturated rings. The van der Waals surface area contributed by atoms with E-state index in [2.05, 4.69) is 20.6 Å². The smallest absolute Gasteiger partial charge is 0.269 e. The van der Waals surface area contributed by atoms with Crippen LogP contribution in [0.5, 0.6) is 11.5 Å². The van der Waals surface area contributed by atoms with E-state index in [9.17, 15) is 9.00 Å². The number of hydrogen-bond acceptors (Lipinski definition) is 5. The molecule has 0 saturated carbocycles. The lowest BCUT2D eigenvalue weighted by Gasteiger charge is -2.22. The molecule has 1 N–H and O–H groups in total. The van der Waals surface area contributed by atoms with Gasteiger partial charge in [0, 0.05) is 6.08 Å². The molecule has 1 aliphatic carbocycles. The monoisotopic (exact) mass is 421 g/mol. The van der Waals surface area contributed by atoms with Gasteiger partial charge in [0.25, 0.3) is 11.7 Å². The van der Waals surface area contributed by atoms with Crippen molar-refractivity contribution in [3.8, 4) is 11.5 Å². The lowest BCUT2D eigenvalue weighted by molar-refractivity contribution is -0.114. The van der Waals surface area contributed by atoms with E-state index in [-0.39, 0.29) is 12.0 Å². The fourth-order valence-corrected chi connectivity index (χ4v) is 4.20. The van der Waals surface area contributed by atoms with Crippen LogP contribution in [-0.2, 0) is 15.8 Å². The normalized spacial score (nSPS) is 20.6. The van der Waals surface area contributed by atoms with E-state index >= 15 is 0 Å². The average Bonchev–Trinajstić information content (AvgIpc) is 3.11. The van der Waals surface area contributed by atoms with E-state index in [0.717, 1.165) is 30.4 Å². The SMILES string of the molecule is [C-]#[N+]c1ccc(OC2C=C(COc3ccc(C4=CC(=O)NS4=O)cc3)CCC2)cn1. The molecule has 8 heteroatoms. The van der Waals surface area contributed by atoms with E-state index in [1.807, 2.05) is 0 Å². The third kappa shape index (κ3) is 4.75. The molecule has 2 aliphatic rings. The molecule has 2 atom stereocenters. The summed E-state index contributed by atoms with van der Waals surface area (Å²) in [6, 6.07) is 10.6. The molecule has 0 saturated heterocycles. The van der Waals surface area contributed by atoms with Crippen molar-refractivity contribution in [1.29, 1.82) is 0 Å². The van der Waals surface area contributed by atoms with Crippen molar-refractivity contribution in [1.82, 2.24) is 9.71 Å². The minimum absolute atomic E-state index is 0.0466. The number of pyridine rings is 1. The summed E-state index contributed by atoms with van der Waals surface area (Å²) in [6.07, 6.45) is 7.84. The number of carbonyl (C=O) groups excluding carboxylic acids is 1. The fourth-order valence-electron chi connectivity index (χ4n) is 3.29. The van der Waals surface area contributed by atoms with Crippen LogP contribution in [0.4, 0.5) is 5.82 Å². The zero-order valence-corrected chi connectivity index (χ0v) is 16.9. The molecule has 2 aromatic rings. The highest BCUT2D eigenvalue weighted by Gasteiger charge is 2.21. The first-order valence-electron chi connectivity index (χ1n) is 9.48. The molecule has 4 rings (SSSR count). The Labute approximate surface area is 176 Å². The number of ether oxygens (including phenoxy) is 2. The number of hydrogen-bond donors (Lipinski definition) is 1. The van der Waals surface area contributed by atoms with Crippen molar-refractivity contribution in [2.24, 2.45) is 0 Å². The van der Waals surface area contributed by atoms with Crippen molar-refractivity contribution in [3.63, 3.8) is 0 Å². The Bertz CT molecular complexity index is 1070. The van der Waals surface area contributed by atoms with Gasteiger partial charge in [0.1, 0.15) is 18.5 Å². The van der Waals surface area contributed by atoms with Crippen LogP contribution in [0.2, 0.25) is 0 Å². The van der Waals surface area contributed by atoms with Crippen molar-refractivity contribution >= 4 is 27.6 Å². The van der Waals surface area contributed by atoms with Crippen molar-refractivity contribution in [3.05, 3.63) is 77.3 Å². The van der Waals surface area contributed by atoms with Crippen LogP contribution in [0.1, 0.15) is 24.8 Å². The van der Waals surface area contributed by atoms with E-state index < -0.39 is 11.0 Å². The highest BCUT2D eigenvalue weighted by atomic mass is 32.2. The molecule has 0 spiro atoms. The molecule has 0 radical (unpaired) electrons. The quantitative estimate of drug-likeness (QED) is 0.568. The third-order valence-corrected chi connectivity index (χ3v) is 5.89. The fraction of sp³-hybridized carbons (Fsp3) is 0.227. The van der Waals surface area contributed by atoms with Crippen LogP contribution >= 0.6 is 0 Å². The van der Waals surface area contributed by atoms with Crippen molar-refractivity contribution in [2.45, 2.75) is 25.4 Å². The summed E-state index contributed by atoms with van der Waals surface area (Å²) < 4.78 is 26.0. The van der Waals surface area contributed by atoms with E-state index in [1.165, 1.54) is 6.08 Å². The number of rotatable bonds is 6. The molecule has 1 aliphatic heterocycles. The van der Waals surface area contributed by atoms with Crippen LogP contribution in [0.15, 0.2) is 60.3 Å². The first-order chi connectivity index (χ1) is 14.6. The molecule has 2 unspecified atom stereocenters. The molecule has 1 aromatic heterocycles. The first kappa shape index (κ1) is 19.9. The van der Waals surface area contributed by atoms with Crippen LogP contribution in [-0.4, -0.2) is 27.8 Å². The van der Waals surface area contributed by atoms with Crippen molar-refractivity contribution < 1.29 is 18.5 Å². The number of aromatic nitrogens is 1. The Hall–Kier alpha value is -3.44. The largest absolute Gasteiger partial charge is 0.489 e. The van der Waals surface area contributed by atoms with Gasteiger partial charge >= 0.3 is 0 Å².